The fraction of sp³-hybridized carbons (Fsp3) is 0.0833. The molecule has 12 heteroatoms. The monoisotopic (exact) mass is 514 g/mol. The number of hydrogen-bond donors (Lipinski definition) is 1. The highest BCUT2D eigenvalue weighted by Crippen LogP contribution is 2.32. The third-order valence-electron chi connectivity index (χ3n) is 5.24. The summed E-state index contributed by atoms with van der Waals surface area (Å²) >= 11 is 5.87. The molecular weight excluding hydrogens is 500 g/mol. The van der Waals surface area contributed by atoms with Gasteiger partial charge in [-0.25, -0.2) is 13.9 Å². The summed E-state index contributed by atoms with van der Waals surface area (Å²) < 4.78 is 56.6. The first-order valence-corrected chi connectivity index (χ1v) is 10.9. The standard InChI is InChI=1S/C24H15ClF4N6O/c25-16-5-3-15(4-6-16)19-9-21(24(27,28)29)35-22(32-19)10-20(33-35)23(36)31-18-11-30-34(13-18)12-14-1-7-17(26)8-2-14/h1-11,13H,12H2,(H,31,36). The van der Waals surface area contributed by atoms with Gasteiger partial charge in [-0.2, -0.15) is 23.4 Å². The Bertz CT molecular complexity index is 1560. The van der Waals surface area contributed by atoms with Crippen LogP contribution in [0.3, 0.4) is 0 Å². The molecule has 7 nitrogen and oxygen atoms in total. The van der Waals surface area contributed by atoms with Crippen LogP contribution in [0.25, 0.3) is 16.9 Å². The summed E-state index contributed by atoms with van der Waals surface area (Å²) in [7, 11) is 0. The van der Waals surface area contributed by atoms with Gasteiger partial charge in [0.1, 0.15) is 5.82 Å². The number of hydrogen-bond acceptors (Lipinski definition) is 4. The Labute approximate surface area is 206 Å². The molecule has 0 aliphatic rings. The highest BCUT2D eigenvalue weighted by atomic mass is 35.5. The van der Waals surface area contributed by atoms with Crippen LogP contribution in [0, 0.1) is 5.82 Å². The summed E-state index contributed by atoms with van der Waals surface area (Å²) in [4.78, 5) is 17.0. The van der Waals surface area contributed by atoms with Crippen molar-refractivity contribution in [3.05, 3.63) is 101 Å². The molecule has 0 saturated carbocycles. The number of aromatic nitrogens is 5. The van der Waals surface area contributed by atoms with Crippen LogP contribution in [0.4, 0.5) is 23.2 Å². The predicted octanol–water partition coefficient (Wildman–Crippen LogP) is 5.70. The van der Waals surface area contributed by atoms with Gasteiger partial charge in [0, 0.05) is 22.8 Å². The quantitative estimate of drug-likeness (QED) is 0.305. The summed E-state index contributed by atoms with van der Waals surface area (Å²) in [6.45, 7) is 0.330. The Morgan fingerprint density at radius 3 is 2.44 bits per heavy atom. The first kappa shape index (κ1) is 23.5. The van der Waals surface area contributed by atoms with Gasteiger partial charge in [0.05, 0.1) is 24.1 Å². The molecule has 0 unspecified atom stereocenters. The molecule has 0 atom stereocenters. The molecule has 5 rings (SSSR count). The number of rotatable bonds is 5. The van der Waals surface area contributed by atoms with Gasteiger partial charge in [0.25, 0.3) is 5.91 Å². The molecule has 1 N–H and O–H groups in total. The van der Waals surface area contributed by atoms with E-state index in [9.17, 15) is 22.4 Å². The van der Waals surface area contributed by atoms with Crippen molar-refractivity contribution < 1.29 is 22.4 Å². The number of benzene rings is 2. The maximum absolute atomic E-state index is 13.8. The molecule has 5 aromatic rings. The summed E-state index contributed by atoms with van der Waals surface area (Å²) in [5.74, 6) is -1.09. The second-order valence-corrected chi connectivity index (χ2v) is 8.27. The van der Waals surface area contributed by atoms with Crippen LogP contribution in [0.1, 0.15) is 21.7 Å². The van der Waals surface area contributed by atoms with Crippen molar-refractivity contribution in [2.24, 2.45) is 0 Å². The van der Waals surface area contributed by atoms with Crippen LogP contribution in [-0.4, -0.2) is 30.3 Å². The van der Waals surface area contributed by atoms with E-state index in [2.05, 4.69) is 20.5 Å². The molecule has 0 radical (unpaired) electrons. The molecule has 3 heterocycles. The highest BCUT2D eigenvalue weighted by molar-refractivity contribution is 6.30. The summed E-state index contributed by atoms with van der Waals surface area (Å²) in [6, 6.07) is 14.1. The van der Waals surface area contributed by atoms with Crippen LogP contribution in [-0.2, 0) is 12.7 Å². The van der Waals surface area contributed by atoms with Gasteiger partial charge in [0.15, 0.2) is 17.0 Å². The fourth-order valence-electron chi connectivity index (χ4n) is 3.54. The second-order valence-electron chi connectivity index (χ2n) is 7.84. The van der Waals surface area contributed by atoms with Crippen molar-refractivity contribution in [3.8, 4) is 11.3 Å². The predicted molar refractivity (Wildman–Crippen MR) is 124 cm³/mol. The van der Waals surface area contributed by atoms with Gasteiger partial charge in [-0.05, 0) is 35.9 Å². The topological polar surface area (TPSA) is 77.1 Å². The molecule has 36 heavy (non-hydrogen) atoms. The average Bonchev–Trinajstić information content (AvgIpc) is 3.46. The summed E-state index contributed by atoms with van der Waals surface area (Å²) in [6.07, 6.45) is -1.83. The second kappa shape index (κ2) is 9.08. The minimum absolute atomic E-state index is 0.0559. The number of amides is 1. The van der Waals surface area contributed by atoms with Crippen LogP contribution in [0.2, 0.25) is 5.02 Å². The Kier molecular flexibility index (Phi) is 5.92. The van der Waals surface area contributed by atoms with Crippen molar-refractivity contribution in [1.82, 2.24) is 24.4 Å². The normalized spacial score (nSPS) is 11.7. The molecule has 2 aromatic carbocycles. The molecule has 0 spiro atoms. The molecular formula is C24H15ClF4N6O. The summed E-state index contributed by atoms with van der Waals surface area (Å²) in [5, 5.41) is 11.0. The van der Waals surface area contributed by atoms with Crippen molar-refractivity contribution in [1.29, 1.82) is 0 Å². The molecule has 0 aliphatic heterocycles. The van der Waals surface area contributed by atoms with E-state index < -0.39 is 17.8 Å². The minimum atomic E-state index is -4.75. The smallest absolute Gasteiger partial charge is 0.318 e. The molecule has 0 aliphatic carbocycles. The number of alkyl halides is 3. The first-order chi connectivity index (χ1) is 17.2. The van der Waals surface area contributed by atoms with Crippen LogP contribution in [0.5, 0.6) is 0 Å². The number of carbonyl (C=O) groups excluding carboxylic acids is 1. The number of nitrogens with zero attached hydrogens (tertiary/aromatic N) is 5. The van der Waals surface area contributed by atoms with E-state index in [1.807, 2.05) is 0 Å². The fourth-order valence-corrected chi connectivity index (χ4v) is 3.67. The van der Waals surface area contributed by atoms with Gasteiger partial charge in [-0.3, -0.25) is 9.48 Å². The Hall–Kier alpha value is -4.25. The lowest BCUT2D eigenvalue weighted by Gasteiger charge is -2.11. The molecule has 3 aromatic heterocycles. The molecule has 182 valence electrons. The number of carbonyl (C=O) groups is 1. The Balaban J connectivity index is 1.42. The molecule has 1 amide bonds. The first-order valence-electron chi connectivity index (χ1n) is 10.5. The average molecular weight is 515 g/mol. The van der Waals surface area contributed by atoms with E-state index in [0.717, 1.165) is 11.6 Å². The zero-order valence-corrected chi connectivity index (χ0v) is 18.9. The van der Waals surface area contributed by atoms with Crippen molar-refractivity contribution in [3.63, 3.8) is 0 Å². The number of nitrogens with one attached hydrogen (secondary N) is 1. The minimum Gasteiger partial charge on any atom is -0.318 e. The van der Waals surface area contributed by atoms with E-state index in [4.69, 9.17) is 11.6 Å². The lowest BCUT2D eigenvalue weighted by Crippen LogP contribution is -2.15. The zero-order chi connectivity index (χ0) is 25.4. The SMILES string of the molecule is O=C(Nc1cnn(Cc2ccc(F)cc2)c1)c1cc2nc(-c3ccc(Cl)cc3)cc(C(F)(F)F)n2n1. The highest BCUT2D eigenvalue weighted by Gasteiger charge is 2.35. The number of fused-ring (bicyclic) bond motifs is 1. The van der Waals surface area contributed by atoms with Gasteiger partial charge < -0.3 is 5.32 Å². The van der Waals surface area contributed by atoms with E-state index in [1.54, 1.807) is 36.4 Å². The molecule has 0 fully saturated rings. The van der Waals surface area contributed by atoms with Crippen molar-refractivity contribution in [2.45, 2.75) is 12.7 Å². The Morgan fingerprint density at radius 1 is 1.03 bits per heavy atom. The molecule has 0 saturated heterocycles. The van der Waals surface area contributed by atoms with E-state index >= 15 is 0 Å². The maximum atomic E-state index is 13.8. The van der Waals surface area contributed by atoms with Crippen LogP contribution < -0.4 is 5.32 Å². The van der Waals surface area contributed by atoms with Gasteiger partial charge >= 0.3 is 6.18 Å². The lowest BCUT2D eigenvalue weighted by atomic mass is 10.1. The van der Waals surface area contributed by atoms with Crippen LogP contribution in [0.15, 0.2) is 73.1 Å². The maximum Gasteiger partial charge on any atom is 0.433 e. The number of anilines is 1. The van der Waals surface area contributed by atoms with E-state index in [-0.39, 0.29) is 22.9 Å². The summed E-state index contributed by atoms with van der Waals surface area (Å²) in [5.41, 5.74) is 0.0988. The van der Waals surface area contributed by atoms with Crippen molar-refractivity contribution >= 4 is 28.8 Å². The van der Waals surface area contributed by atoms with Gasteiger partial charge in [0.2, 0.25) is 0 Å². The number of halogens is 5. The third-order valence-corrected chi connectivity index (χ3v) is 5.49. The van der Waals surface area contributed by atoms with E-state index in [0.29, 0.717) is 27.3 Å². The van der Waals surface area contributed by atoms with Gasteiger partial charge in [-0.15, -0.1) is 0 Å². The molecule has 0 bridgehead atoms. The lowest BCUT2D eigenvalue weighted by molar-refractivity contribution is -0.142. The zero-order valence-electron chi connectivity index (χ0n) is 18.2. The third kappa shape index (κ3) is 4.91. The van der Waals surface area contributed by atoms with Crippen LogP contribution >= 0.6 is 11.6 Å². The Morgan fingerprint density at radius 2 is 1.75 bits per heavy atom. The van der Waals surface area contributed by atoms with E-state index in [1.165, 1.54) is 35.3 Å². The largest absolute Gasteiger partial charge is 0.433 e. The van der Waals surface area contributed by atoms with Crippen molar-refractivity contribution in [2.75, 3.05) is 5.32 Å². The van der Waals surface area contributed by atoms with Gasteiger partial charge in [-0.1, -0.05) is 35.9 Å².